The number of primary amides is 1. The molecule has 1 aromatic heterocycles. The van der Waals surface area contributed by atoms with Crippen LogP contribution in [-0.4, -0.2) is 31.0 Å². The van der Waals surface area contributed by atoms with E-state index in [0.717, 1.165) is 23.3 Å². The lowest BCUT2D eigenvalue weighted by Gasteiger charge is -2.10. The summed E-state index contributed by atoms with van der Waals surface area (Å²) in [6, 6.07) is 8.88. The van der Waals surface area contributed by atoms with Gasteiger partial charge in [0.05, 0.1) is 5.56 Å². The molecule has 1 heterocycles. The summed E-state index contributed by atoms with van der Waals surface area (Å²) in [6.07, 6.45) is 0.774. The normalized spacial score (nSPS) is 10.1. The summed E-state index contributed by atoms with van der Waals surface area (Å²) >= 11 is 1.15. The Balaban J connectivity index is 1.78. The maximum absolute atomic E-state index is 11.8. The number of esters is 1. The van der Waals surface area contributed by atoms with Crippen molar-refractivity contribution in [2.45, 2.75) is 13.3 Å². The van der Waals surface area contributed by atoms with Crippen LogP contribution in [0.5, 0.6) is 5.75 Å². The standard InChI is InChI=1S/C17H18N2O5S/c1-2-11-5-3-4-6-13(11)23-10-15(21)24-9-14(20)19-17-12(16(18)22)7-8-25-17/h3-8H,2,9-10H2,1H3,(H2,18,22)(H,19,20). The van der Waals surface area contributed by atoms with Crippen LogP contribution in [0.2, 0.25) is 0 Å². The quantitative estimate of drug-likeness (QED) is 0.698. The third-order valence-corrected chi connectivity index (χ3v) is 4.08. The molecule has 0 aliphatic heterocycles. The molecule has 0 saturated heterocycles. The van der Waals surface area contributed by atoms with Gasteiger partial charge in [-0.25, -0.2) is 4.79 Å². The van der Waals surface area contributed by atoms with Gasteiger partial charge in [0.2, 0.25) is 0 Å². The predicted molar refractivity (Wildman–Crippen MR) is 93.7 cm³/mol. The molecule has 0 aliphatic rings. The van der Waals surface area contributed by atoms with Gasteiger partial charge in [0, 0.05) is 0 Å². The molecule has 0 atom stereocenters. The Morgan fingerprint density at radius 3 is 2.64 bits per heavy atom. The highest BCUT2D eigenvalue weighted by Crippen LogP contribution is 2.22. The second-order valence-corrected chi connectivity index (χ2v) is 5.90. The minimum Gasteiger partial charge on any atom is -0.482 e. The zero-order valence-corrected chi connectivity index (χ0v) is 14.4. The summed E-state index contributed by atoms with van der Waals surface area (Å²) in [5, 5.41) is 4.43. The molecule has 0 spiro atoms. The first-order valence-corrected chi connectivity index (χ1v) is 8.42. The van der Waals surface area contributed by atoms with Gasteiger partial charge in [0.1, 0.15) is 10.8 Å². The lowest BCUT2D eigenvalue weighted by Crippen LogP contribution is -2.24. The molecule has 8 heteroatoms. The maximum atomic E-state index is 11.8. The first-order chi connectivity index (χ1) is 12.0. The van der Waals surface area contributed by atoms with Crippen LogP contribution in [0.25, 0.3) is 0 Å². The van der Waals surface area contributed by atoms with Gasteiger partial charge in [0.15, 0.2) is 13.2 Å². The molecule has 2 rings (SSSR count). The van der Waals surface area contributed by atoms with E-state index in [1.807, 2.05) is 25.1 Å². The number of ether oxygens (including phenoxy) is 2. The smallest absolute Gasteiger partial charge is 0.344 e. The maximum Gasteiger partial charge on any atom is 0.344 e. The van der Waals surface area contributed by atoms with Crippen LogP contribution >= 0.6 is 11.3 Å². The Morgan fingerprint density at radius 1 is 1.16 bits per heavy atom. The van der Waals surface area contributed by atoms with Crippen molar-refractivity contribution in [3.05, 3.63) is 46.8 Å². The number of amides is 2. The van der Waals surface area contributed by atoms with Crippen LogP contribution in [0.4, 0.5) is 5.00 Å². The molecule has 0 bridgehead atoms. The molecule has 2 amide bonds. The summed E-state index contributed by atoms with van der Waals surface area (Å²) in [7, 11) is 0. The predicted octanol–water partition coefficient (Wildman–Crippen LogP) is 1.97. The number of benzene rings is 1. The number of carbonyl (C=O) groups is 3. The topological polar surface area (TPSA) is 108 Å². The molecule has 0 fully saturated rings. The number of carbonyl (C=O) groups excluding carboxylic acids is 3. The second kappa shape index (κ2) is 8.84. The van der Waals surface area contributed by atoms with E-state index in [1.54, 1.807) is 11.4 Å². The minimum atomic E-state index is -0.664. The fourth-order valence-corrected chi connectivity index (χ4v) is 2.83. The van der Waals surface area contributed by atoms with Gasteiger partial charge in [-0.2, -0.15) is 0 Å². The number of rotatable bonds is 8. The average molecular weight is 362 g/mol. The van der Waals surface area contributed by atoms with E-state index in [-0.39, 0.29) is 12.2 Å². The minimum absolute atomic E-state index is 0.212. The summed E-state index contributed by atoms with van der Waals surface area (Å²) in [5.41, 5.74) is 6.38. The largest absolute Gasteiger partial charge is 0.482 e. The van der Waals surface area contributed by atoms with E-state index in [2.05, 4.69) is 5.32 Å². The van der Waals surface area contributed by atoms with Crippen molar-refractivity contribution in [3.8, 4) is 5.75 Å². The molecular formula is C17H18N2O5S. The number of nitrogens with one attached hydrogen (secondary N) is 1. The highest BCUT2D eigenvalue weighted by Gasteiger charge is 2.14. The summed E-state index contributed by atoms with van der Waals surface area (Å²) in [5.74, 6) is -1.26. The fraction of sp³-hybridized carbons (Fsp3) is 0.235. The van der Waals surface area contributed by atoms with Crippen molar-refractivity contribution in [2.75, 3.05) is 18.5 Å². The van der Waals surface area contributed by atoms with Crippen LogP contribution in [-0.2, 0) is 20.7 Å². The van der Waals surface area contributed by atoms with Gasteiger partial charge in [-0.3, -0.25) is 9.59 Å². The number of hydrogen-bond donors (Lipinski definition) is 2. The number of aryl methyl sites for hydroxylation is 1. The van der Waals surface area contributed by atoms with Gasteiger partial charge in [-0.05, 0) is 29.5 Å². The monoisotopic (exact) mass is 362 g/mol. The summed E-state index contributed by atoms with van der Waals surface area (Å²) in [4.78, 5) is 34.7. The van der Waals surface area contributed by atoms with Crippen molar-refractivity contribution in [2.24, 2.45) is 5.73 Å². The highest BCUT2D eigenvalue weighted by atomic mass is 32.1. The Bertz CT molecular complexity index is 772. The number of anilines is 1. The molecule has 132 valence electrons. The van der Waals surface area contributed by atoms with Crippen LogP contribution < -0.4 is 15.8 Å². The highest BCUT2D eigenvalue weighted by molar-refractivity contribution is 7.14. The van der Waals surface area contributed by atoms with E-state index < -0.39 is 24.4 Å². The summed E-state index contributed by atoms with van der Waals surface area (Å²) in [6.45, 7) is 1.21. The lowest BCUT2D eigenvalue weighted by atomic mass is 10.1. The van der Waals surface area contributed by atoms with Crippen molar-refractivity contribution < 1.29 is 23.9 Å². The van der Waals surface area contributed by atoms with Crippen molar-refractivity contribution in [1.82, 2.24) is 0 Å². The third-order valence-electron chi connectivity index (χ3n) is 3.25. The van der Waals surface area contributed by atoms with Crippen LogP contribution in [0.15, 0.2) is 35.7 Å². The molecule has 2 aromatic rings. The Morgan fingerprint density at radius 2 is 1.92 bits per heavy atom. The van der Waals surface area contributed by atoms with Gasteiger partial charge in [0.25, 0.3) is 11.8 Å². The van der Waals surface area contributed by atoms with Crippen molar-refractivity contribution >= 4 is 34.1 Å². The Hall–Kier alpha value is -2.87. The zero-order valence-electron chi connectivity index (χ0n) is 13.6. The van der Waals surface area contributed by atoms with Gasteiger partial charge in [-0.15, -0.1) is 11.3 Å². The number of hydrogen-bond acceptors (Lipinski definition) is 6. The van der Waals surface area contributed by atoms with E-state index in [0.29, 0.717) is 10.8 Å². The van der Waals surface area contributed by atoms with E-state index in [9.17, 15) is 14.4 Å². The molecule has 0 unspecified atom stereocenters. The van der Waals surface area contributed by atoms with Crippen molar-refractivity contribution in [3.63, 3.8) is 0 Å². The Labute approximate surface area is 148 Å². The molecule has 7 nitrogen and oxygen atoms in total. The fourth-order valence-electron chi connectivity index (χ4n) is 2.02. The molecule has 0 radical (unpaired) electrons. The third kappa shape index (κ3) is 5.32. The van der Waals surface area contributed by atoms with E-state index >= 15 is 0 Å². The molecule has 0 aliphatic carbocycles. The first-order valence-electron chi connectivity index (χ1n) is 7.54. The second-order valence-electron chi connectivity index (χ2n) is 4.99. The summed E-state index contributed by atoms with van der Waals surface area (Å²) < 4.78 is 10.3. The SMILES string of the molecule is CCc1ccccc1OCC(=O)OCC(=O)Nc1sccc1C(N)=O. The van der Waals surface area contributed by atoms with Crippen molar-refractivity contribution in [1.29, 1.82) is 0 Å². The average Bonchev–Trinajstić information content (AvgIpc) is 3.06. The molecule has 3 N–H and O–H groups in total. The van der Waals surface area contributed by atoms with Gasteiger partial charge in [-0.1, -0.05) is 25.1 Å². The van der Waals surface area contributed by atoms with Gasteiger partial charge >= 0.3 is 5.97 Å². The number of thiophene rings is 1. The lowest BCUT2D eigenvalue weighted by molar-refractivity contribution is -0.149. The molecule has 25 heavy (non-hydrogen) atoms. The zero-order chi connectivity index (χ0) is 18.2. The number of para-hydroxylation sites is 1. The molecular weight excluding hydrogens is 344 g/mol. The van der Waals surface area contributed by atoms with E-state index in [1.165, 1.54) is 6.07 Å². The van der Waals surface area contributed by atoms with Crippen LogP contribution in [0.1, 0.15) is 22.8 Å². The van der Waals surface area contributed by atoms with Crippen LogP contribution in [0, 0.1) is 0 Å². The molecule has 1 aromatic carbocycles. The van der Waals surface area contributed by atoms with Crippen LogP contribution in [0.3, 0.4) is 0 Å². The number of nitrogens with two attached hydrogens (primary N) is 1. The Kier molecular flexibility index (Phi) is 6.53. The first kappa shape index (κ1) is 18.5. The molecule has 0 saturated carbocycles. The van der Waals surface area contributed by atoms with E-state index in [4.69, 9.17) is 15.2 Å². The van der Waals surface area contributed by atoms with Gasteiger partial charge < -0.3 is 20.5 Å².